The van der Waals surface area contributed by atoms with Crippen LogP contribution in [-0.2, 0) is 13.0 Å². The van der Waals surface area contributed by atoms with Gasteiger partial charge >= 0.3 is 0 Å². The first-order valence-corrected chi connectivity index (χ1v) is 7.87. The van der Waals surface area contributed by atoms with E-state index < -0.39 is 0 Å². The minimum Gasteiger partial charge on any atom is -0.383 e. The summed E-state index contributed by atoms with van der Waals surface area (Å²) < 4.78 is 1.11. The van der Waals surface area contributed by atoms with Gasteiger partial charge in [0.15, 0.2) is 0 Å². The van der Waals surface area contributed by atoms with Crippen molar-refractivity contribution in [1.82, 2.24) is 9.97 Å². The van der Waals surface area contributed by atoms with Crippen LogP contribution in [-0.4, -0.2) is 9.97 Å². The lowest BCUT2D eigenvalue weighted by atomic mass is 10.2. The third-order valence-electron chi connectivity index (χ3n) is 2.76. The molecule has 0 aliphatic rings. The van der Waals surface area contributed by atoms with Crippen LogP contribution in [0.2, 0.25) is 0 Å². The molecule has 0 amide bonds. The molecule has 0 aromatic carbocycles. The molecule has 0 saturated carbocycles. The minimum absolute atomic E-state index is 0.563. The standard InChI is InChI=1S/C13H17BrN4S/c1-3-4-11-17-12(15)8(2)13(18-11)16-6-10-5-9(14)7-19-10/h5,7H,3-4,6H2,1-2H3,(H3,15,16,17,18). The van der Waals surface area contributed by atoms with Crippen LogP contribution in [0.25, 0.3) is 0 Å². The van der Waals surface area contributed by atoms with E-state index in [0.717, 1.165) is 41.1 Å². The summed E-state index contributed by atoms with van der Waals surface area (Å²) in [5, 5.41) is 5.41. The number of rotatable bonds is 5. The van der Waals surface area contributed by atoms with Crippen LogP contribution in [0.3, 0.4) is 0 Å². The third kappa shape index (κ3) is 3.67. The second-order valence-electron chi connectivity index (χ2n) is 4.33. The minimum atomic E-state index is 0.563. The summed E-state index contributed by atoms with van der Waals surface area (Å²) in [5.41, 5.74) is 6.84. The van der Waals surface area contributed by atoms with E-state index in [1.807, 2.05) is 6.92 Å². The Morgan fingerprint density at radius 3 is 2.84 bits per heavy atom. The number of nitrogen functional groups attached to an aromatic ring is 1. The molecule has 0 bridgehead atoms. The SMILES string of the molecule is CCCc1nc(N)c(C)c(NCc2cc(Br)cs2)n1. The van der Waals surface area contributed by atoms with Crippen LogP contribution >= 0.6 is 27.3 Å². The summed E-state index contributed by atoms with van der Waals surface area (Å²) in [6.45, 7) is 4.80. The van der Waals surface area contributed by atoms with Gasteiger partial charge in [-0.15, -0.1) is 11.3 Å². The van der Waals surface area contributed by atoms with Crippen LogP contribution in [0.4, 0.5) is 11.6 Å². The van der Waals surface area contributed by atoms with Gasteiger partial charge in [-0.1, -0.05) is 6.92 Å². The predicted octanol–water partition coefficient (Wildman–Crippen LogP) is 3.76. The largest absolute Gasteiger partial charge is 0.383 e. The molecule has 3 N–H and O–H groups in total. The van der Waals surface area contributed by atoms with E-state index in [9.17, 15) is 0 Å². The van der Waals surface area contributed by atoms with Gasteiger partial charge in [-0.05, 0) is 35.3 Å². The normalized spacial score (nSPS) is 10.7. The van der Waals surface area contributed by atoms with E-state index in [1.165, 1.54) is 4.88 Å². The molecule has 19 heavy (non-hydrogen) atoms. The van der Waals surface area contributed by atoms with Gasteiger partial charge in [-0.2, -0.15) is 0 Å². The topological polar surface area (TPSA) is 63.8 Å². The van der Waals surface area contributed by atoms with Crippen LogP contribution in [0.1, 0.15) is 29.6 Å². The zero-order valence-electron chi connectivity index (χ0n) is 11.0. The fraction of sp³-hybridized carbons (Fsp3) is 0.385. The van der Waals surface area contributed by atoms with Crippen LogP contribution in [0, 0.1) is 6.92 Å². The average Bonchev–Trinajstić information content (AvgIpc) is 2.78. The molecule has 2 heterocycles. The predicted molar refractivity (Wildman–Crippen MR) is 84.5 cm³/mol. The molecule has 6 heteroatoms. The summed E-state index contributed by atoms with van der Waals surface area (Å²) >= 11 is 5.16. The zero-order chi connectivity index (χ0) is 13.8. The van der Waals surface area contributed by atoms with E-state index in [1.54, 1.807) is 11.3 Å². The first kappa shape index (κ1) is 14.3. The molecule has 2 rings (SSSR count). The summed E-state index contributed by atoms with van der Waals surface area (Å²) in [6, 6.07) is 2.10. The van der Waals surface area contributed by atoms with Crippen molar-refractivity contribution in [2.45, 2.75) is 33.2 Å². The molecule has 0 unspecified atom stereocenters. The van der Waals surface area contributed by atoms with Gasteiger partial charge in [0.1, 0.15) is 17.5 Å². The Morgan fingerprint density at radius 2 is 2.21 bits per heavy atom. The van der Waals surface area contributed by atoms with Crippen molar-refractivity contribution < 1.29 is 0 Å². The van der Waals surface area contributed by atoms with E-state index in [4.69, 9.17) is 5.73 Å². The molecule has 2 aromatic heterocycles. The number of hydrogen-bond donors (Lipinski definition) is 2. The van der Waals surface area contributed by atoms with Gasteiger partial charge in [0.25, 0.3) is 0 Å². The number of hydrogen-bond acceptors (Lipinski definition) is 5. The molecule has 0 saturated heterocycles. The number of nitrogens with two attached hydrogens (primary N) is 1. The number of aryl methyl sites for hydroxylation is 1. The number of aromatic nitrogens is 2. The van der Waals surface area contributed by atoms with Crippen molar-refractivity contribution in [3.63, 3.8) is 0 Å². The monoisotopic (exact) mass is 340 g/mol. The second kappa shape index (κ2) is 6.34. The third-order valence-corrected chi connectivity index (χ3v) is 4.45. The Labute approximate surface area is 125 Å². The van der Waals surface area contributed by atoms with Crippen molar-refractivity contribution in [2.24, 2.45) is 0 Å². The Bertz CT molecular complexity index is 568. The number of nitrogens with zero attached hydrogens (tertiary/aromatic N) is 2. The highest BCUT2D eigenvalue weighted by atomic mass is 79.9. The van der Waals surface area contributed by atoms with Crippen LogP contribution in [0.5, 0.6) is 0 Å². The molecular formula is C13H17BrN4S. The van der Waals surface area contributed by atoms with Gasteiger partial charge in [0.05, 0.1) is 6.54 Å². The van der Waals surface area contributed by atoms with E-state index in [-0.39, 0.29) is 0 Å². The van der Waals surface area contributed by atoms with Crippen molar-refractivity contribution in [3.8, 4) is 0 Å². The molecule has 0 radical (unpaired) electrons. The number of anilines is 2. The van der Waals surface area contributed by atoms with Gasteiger partial charge < -0.3 is 11.1 Å². The fourth-order valence-electron chi connectivity index (χ4n) is 1.71. The molecule has 0 spiro atoms. The molecule has 0 aliphatic heterocycles. The second-order valence-corrected chi connectivity index (χ2v) is 6.24. The van der Waals surface area contributed by atoms with Gasteiger partial charge in [-0.3, -0.25) is 0 Å². The maximum atomic E-state index is 5.93. The molecule has 0 fully saturated rings. The maximum Gasteiger partial charge on any atom is 0.135 e. The number of nitrogens with one attached hydrogen (secondary N) is 1. The van der Waals surface area contributed by atoms with Crippen molar-refractivity contribution in [1.29, 1.82) is 0 Å². The summed E-state index contributed by atoms with van der Waals surface area (Å²) in [6.07, 6.45) is 1.86. The highest BCUT2D eigenvalue weighted by Gasteiger charge is 2.08. The lowest BCUT2D eigenvalue weighted by molar-refractivity contribution is 0.833. The fourth-order valence-corrected chi connectivity index (χ4v) is 3.10. The molecule has 0 aliphatic carbocycles. The Hall–Kier alpha value is -1.14. The quantitative estimate of drug-likeness (QED) is 0.869. The van der Waals surface area contributed by atoms with Crippen molar-refractivity contribution in [2.75, 3.05) is 11.1 Å². The first-order valence-electron chi connectivity index (χ1n) is 6.20. The Kier molecular flexibility index (Phi) is 4.76. The molecule has 2 aromatic rings. The average molecular weight is 341 g/mol. The van der Waals surface area contributed by atoms with Gasteiger partial charge in [0.2, 0.25) is 0 Å². The molecule has 0 atom stereocenters. The number of thiophene rings is 1. The van der Waals surface area contributed by atoms with Gasteiger partial charge in [-0.25, -0.2) is 9.97 Å². The highest BCUT2D eigenvalue weighted by Crippen LogP contribution is 2.22. The lowest BCUT2D eigenvalue weighted by Crippen LogP contribution is -2.09. The zero-order valence-corrected chi connectivity index (χ0v) is 13.4. The number of halogens is 1. The van der Waals surface area contributed by atoms with E-state index in [2.05, 4.69) is 49.6 Å². The maximum absolute atomic E-state index is 5.93. The molecular weight excluding hydrogens is 324 g/mol. The molecule has 102 valence electrons. The summed E-state index contributed by atoms with van der Waals surface area (Å²) in [5.74, 6) is 2.20. The summed E-state index contributed by atoms with van der Waals surface area (Å²) in [7, 11) is 0. The van der Waals surface area contributed by atoms with Crippen LogP contribution in [0.15, 0.2) is 15.9 Å². The van der Waals surface area contributed by atoms with Gasteiger partial charge in [0, 0.05) is 26.7 Å². The smallest absolute Gasteiger partial charge is 0.135 e. The van der Waals surface area contributed by atoms with E-state index >= 15 is 0 Å². The van der Waals surface area contributed by atoms with Crippen LogP contribution < -0.4 is 11.1 Å². The Balaban J connectivity index is 2.14. The van der Waals surface area contributed by atoms with E-state index in [0.29, 0.717) is 5.82 Å². The van der Waals surface area contributed by atoms with Crippen molar-refractivity contribution in [3.05, 3.63) is 32.2 Å². The lowest BCUT2D eigenvalue weighted by Gasteiger charge is -2.11. The summed E-state index contributed by atoms with van der Waals surface area (Å²) in [4.78, 5) is 10.1. The first-order chi connectivity index (χ1) is 9.10. The molecule has 4 nitrogen and oxygen atoms in total. The Morgan fingerprint density at radius 1 is 1.42 bits per heavy atom. The van der Waals surface area contributed by atoms with Crippen molar-refractivity contribution >= 4 is 38.9 Å². The highest BCUT2D eigenvalue weighted by molar-refractivity contribution is 9.10.